The predicted octanol–water partition coefficient (Wildman–Crippen LogP) is 1.83. The van der Waals surface area contributed by atoms with E-state index in [4.69, 9.17) is 9.26 Å². The van der Waals surface area contributed by atoms with Gasteiger partial charge in [-0.2, -0.15) is 4.98 Å². The van der Waals surface area contributed by atoms with Gasteiger partial charge in [0.15, 0.2) is 0 Å². The van der Waals surface area contributed by atoms with Crippen molar-refractivity contribution >= 4 is 5.91 Å². The lowest BCUT2D eigenvalue weighted by atomic mass is 9.91. The Balaban J connectivity index is 1.46. The van der Waals surface area contributed by atoms with Crippen LogP contribution >= 0.6 is 0 Å². The lowest BCUT2D eigenvalue weighted by Gasteiger charge is -2.34. The van der Waals surface area contributed by atoms with E-state index in [0.717, 1.165) is 55.9 Å². The van der Waals surface area contributed by atoms with Crippen LogP contribution in [0.15, 0.2) is 15.4 Å². The van der Waals surface area contributed by atoms with E-state index in [1.807, 2.05) is 11.8 Å². The van der Waals surface area contributed by atoms with Crippen molar-refractivity contribution < 1.29 is 14.1 Å². The topological polar surface area (TPSA) is 90.5 Å². The first kappa shape index (κ1) is 18.7. The van der Waals surface area contributed by atoms with Crippen LogP contribution in [0.4, 0.5) is 0 Å². The average Bonchev–Trinajstić information content (AvgIpc) is 3.36. The molecule has 0 saturated carbocycles. The Morgan fingerprint density at radius 1 is 1.36 bits per heavy atom. The molecule has 8 heteroatoms. The maximum atomic E-state index is 12.8. The summed E-state index contributed by atoms with van der Waals surface area (Å²) in [5.41, 5.74) is 1.70. The quantitative estimate of drug-likeness (QED) is 0.779. The van der Waals surface area contributed by atoms with Gasteiger partial charge in [-0.05, 0) is 31.3 Å². The molecule has 0 aromatic carbocycles. The van der Waals surface area contributed by atoms with Gasteiger partial charge in [-0.25, -0.2) is 0 Å². The highest BCUT2D eigenvalue weighted by molar-refractivity contribution is 5.76. The summed E-state index contributed by atoms with van der Waals surface area (Å²) in [5.74, 6) is 2.26. The molecule has 0 bridgehead atoms. The molecule has 150 valence electrons. The zero-order chi connectivity index (χ0) is 19.7. The first-order valence-electron chi connectivity index (χ1n) is 9.94. The van der Waals surface area contributed by atoms with Crippen molar-refractivity contribution in [1.29, 1.82) is 0 Å². The number of fused-ring (bicyclic) bond motifs is 1. The normalized spacial score (nSPS) is 18.9. The van der Waals surface area contributed by atoms with Crippen molar-refractivity contribution in [2.24, 2.45) is 0 Å². The highest BCUT2D eigenvalue weighted by Crippen LogP contribution is 2.31. The van der Waals surface area contributed by atoms with Crippen LogP contribution in [0.3, 0.4) is 0 Å². The third-order valence-electron chi connectivity index (χ3n) is 5.81. The third-order valence-corrected chi connectivity index (χ3v) is 5.81. The number of methoxy groups -OCH3 is 1. The van der Waals surface area contributed by atoms with E-state index in [9.17, 15) is 9.59 Å². The molecule has 4 heterocycles. The van der Waals surface area contributed by atoms with Gasteiger partial charge in [0.2, 0.25) is 5.91 Å². The van der Waals surface area contributed by atoms with Gasteiger partial charge in [-0.15, -0.1) is 0 Å². The number of nitrogens with zero attached hydrogens (tertiary/aromatic N) is 4. The molecule has 0 N–H and O–H groups in total. The van der Waals surface area contributed by atoms with Gasteiger partial charge >= 0.3 is 0 Å². The van der Waals surface area contributed by atoms with Crippen molar-refractivity contribution in [2.75, 3.05) is 20.2 Å². The Labute approximate surface area is 163 Å². The number of rotatable bonds is 5. The summed E-state index contributed by atoms with van der Waals surface area (Å²) in [5, 5.41) is 3.77. The average molecular weight is 386 g/mol. The molecule has 0 radical (unpaired) electrons. The second-order valence-corrected chi connectivity index (χ2v) is 7.61. The van der Waals surface area contributed by atoms with E-state index < -0.39 is 0 Å². The summed E-state index contributed by atoms with van der Waals surface area (Å²) < 4.78 is 12.4. The molecule has 0 spiro atoms. The van der Waals surface area contributed by atoms with Gasteiger partial charge in [0.05, 0.1) is 7.11 Å². The molecule has 1 amide bonds. The number of carbonyl (C=O) groups is 1. The van der Waals surface area contributed by atoms with Crippen LogP contribution in [-0.4, -0.2) is 45.7 Å². The van der Waals surface area contributed by atoms with Crippen LogP contribution in [-0.2, 0) is 24.2 Å². The van der Waals surface area contributed by atoms with E-state index in [1.165, 1.54) is 7.11 Å². The predicted molar refractivity (Wildman–Crippen MR) is 101 cm³/mol. The standard InChI is InChI=1S/C20H26N4O4/c1-13-19(24-10-4-6-16(24)21-20(13)26)14-5-3-9-23(12-14)18(25)8-7-15-11-17(27-2)22-28-15/h11,14H,3-10,12H2,1-2H3/t14-/m1/s1. The molecule has 1 atom stereocenters. The molecule has 4 rings (SSSR count). The van der Waals surface area contributed by atoms with Crippen LogP contribution in [0.2, 0.25) is 0 Å². The van der Waals surface area contributed by atoms with Crippen LogP contribution in [0, 0.1) is 6.92 Å². The van der Waals surface area contributed by atoms with Gasteiger partial charge in [0, 0.05) is 62.1 Å². The van der Waals surface area contributed by atoms with Gasteiger partial charge in [-0.1, -0.05) is 0 Å². The van der Waals surface area contributed by atoms with E-state index in [0.29, 0.717) is 31.0 Å². The maximum Gasteiger partial charge on any atom is 0.276 e. The zero-order valence-corrected chi connectivity index (χ0v) is 16.4. The zero-order valence-electron chi connectivity index (χ0n) is 16.4. The second-order valence-electron chi connectivity index (χ2n) is 7.61. The number of aryl methyl sites for hydroxylation is 2. The number of hydrogen-bond acceptors (Lipinski definition) is 6. The summed E-state index contributed by atoms with van der Waals surface area (Å²) in [6.07, 6.45) is 4.69. The molecule has 2 aromatic heterocycles. The fraction of sp³-hybridized carbons (Fsp3) is 0.600. The van der Waals surface area contributed by atoms with Crippen LogP contribution in [0.1, 0.15) is 54.4 Å². The minimum atomic E-state index is -0.120. The van der Waals surface area contributed by atoms with Crippen molar-refractivity contribution in [1.82, 2.24) is 19.6 Å². The highest BCUT2D eigenvalue weighted by Gasteiger charge is 2.30. The summed E-state index contributed by atoms with van der Waals surface area (Å²) in [7, 11) is 1.53. The molecule has 28 heavy (non-hydrogen) atoms. The van der Waals surface area contributed by atoms with Crippen molar-refractivity contribution in [3.05, 3.63) is 39.3 Å². The van der Waals surface area contributed by atoms with Crippen LogP contribution < -0.4 is 10.3 Å². The molecule has 0 unspecified atom stereocenters. The maximum absolute atomic E-state index is 12.8. The second kappa shape index (κ2) is 7.77. The summed E-state index contributed by atoms with van der Waals surface area (Å²) >= 11 is 0. The van der Waals surface area contributed by atoms with E-state index in [1.54, 1.807) is 6.07 Å². The molecular formula is C20H26N4O4. The lowest BCUT2D eigenvalue weighted by molar-refractivity contribution is -0.132. The number of carbonyl (C=O) groups excluding carboxylic acids is 1. The molecule has 8 nitrogen and oxygen atoms in total. The van der Waals surface area contributed by atoms with Gasteiger partial charge in [0.25, 0.3) is 11.4 Å². The Kier molecular flexibility index (Phi) is 5.19. The molecular weight excluding hydrogens is 360 g/mol. The fourth-order valence-electron chi connectivity index (χ4n) is 4.40. The Morgan fingerprint density at radius 3 is 3.00 bits per heavy atom. The third kappa shape index (κ3) is 3.55. The molecule has 1 saturated heterocycles. The molecule has 0 aliphatic carbocycles. The minimum absolute atomic E-state index is 0.107. The summed E-state index contributed by atoms with van der Waals surface area (Å²) in [6.45, 7) is 4.20. The highest BCUT2D eigenvalue weighted by atomic mass is 16.5. The summed E-state index contributed by atoms with van der Waals surface area (Å²) in [4.78, 5) is 31.2. The Bertz CT molecular complexity index is 933. The SMILES string of the molecule is COc1cc(CCC(=O)N2CCC[C@@H](c3c(C)c(=O)nc4n3CCC4)C2)on1. The number of likely N-dealkylation sites (tertiary alicyclic amines) is 1. The van der Waals surface area contributed by atoms with Gasteiger partial charge in [0.1, 0.15) is 11.6 Å². The van der Waals surface area contributed by atoms with E-state index >= 15 is 0 Å². The van der Waals surface area contributed by atoms with Gasteiger partial charge in [-0.3, -0.25) is 9.59 Å². The van der Waals surface area contributed by atoms with E-state index in [2.05, 4.69) is 14.7 Å². The first-order valence-corrected chi connectivity index (χ1v) is 9.94. The van der Waals surface area contributed by atoms with Crippen LogP contribution in [0.5, 0.6) is 5.88 Å². The molecule has 2 aromatic rings. The summed E-state index contributed by atoms with van der Waals surface area (Å²) in [6, 6.07) is 1.71. The van der Waals surface area contributed by atoms with Crippen LogP contribution in [0.25, 0.3) is 0 Å². The Hall–Kier alpha value is -2.64. The number of amides is 1. The van der Waals surface area contributed by atoms with E-state index in [-0.39, 0.29) is 17.4 Å². The molecule has 1 fully saturated rings. The molecule has 2 aliphatic rings. The smallest absolute Gasteiger partial charge is 0.276 e. The molecule has 2 aliphatic heterocycles. The number of aromatic nitrogens is 3. The van der Waals surface area contributed by atoms with Crippen molar-refractivity contribution in [2.45, 2.75) is 57.9 Å². The van der Waals surface area contributed by atoms with Gasteiger partial charge < -0.3 is 18.7 Å². The number of piperidine rings is 1. The minimum Gasteiger partial charge on any atom is -0.479 e. The number of ether oxygens (including phenoxy) is 1. The largest absolute Gasteiger partial charge is 0.479 e. The van der Waals surface area contributed by atoms with Crippen molar-refractivity contribution in [3.8, 4) is 5.88 Å². The van der Waals surface area contributed by atoms with Crippen molar-refractivity contribution in [3.63, 3.8) is 0 Å². The fourth-order valence-corrected chi connectivity index (χ4v) is 4.40. The first-order chi connectivity index (χ1) is 13.6. The number of hydrogen-bond donors (Lipinski definition) is 0. The lowest BCUT2D eigenvalue weighted by Crippen LogP contribution is -2.40. The Morgan fingerprint density at radius 2 is 2.21 bits per heavy atom. The monoisotopic (exact) mass is 386 g/mol.